The van der Waals surface area contributed by atoms with Gasteiger partial charge in [0.25, 0.3) is 11.5 Å². The van der Waals surface area contributed by atoms with Crippen molar-refractivity contribution in [3.8, 4) is 0 Å². The molecule has 3 rings (SSSR count). The molecule has 2 aromatic carbocycles. The second kappa shape index (κ2) is 6.23. The number of carbonyl (C=O) groups excluding carboxylic acids is 1. The van der Waals surface area contributed by atoms with Crippen LogP contribution in [0.1, 0.15) is 21.6 Å². The zero-order valence-corrected chi connectivity index (χ0v) is 12.4. The van der Waals surface area contributed by atoms with E-state index in [0.29, 0.717) is 11.0 Å². The van der Waals surface area contributed by atoms with Gasteiger partial charge in [0.15, 0.2) is 5.69 Å². The smallest absolute Gasteiger partial charge is 0.295 e. The molecule has 0 aliphatic rings. The molecule has 0 saturated carbocycles. The normalized spacial score (nSPS) is 11.0. The van der Waals surface area contributed by atoms with Crippen LogP contribution < -0.4 is 11.0 Å². The molecular weight excluding hydrogens is 292 g/mol. The molecule has 3 aromatic rings. The third kappa shape index (κ3) is 3.32. The highest BCUT2D eigenvalue weighted by atomic mass is 16.2. The molecule has 0 fully saturated rings. The fourth-order valence-corrected chi connectivity index (χ4v) is 2.05. The molecule has 0 radical (unpaired) electrons. The Morgan fingerprint density at radius 3 is 2.70 bits per heavy atom. The van der Waals surface area contributed by atoms with Crippen LogP contribution in [0, 0.1) is 6.92 Å². The molecule has 6 nitrogen and oxygen atoms in total. The Hall–Kier alpha value is -3.28. The monoisotopic (exact) mass is 306 g/mol. The molecule has 1 heterocycles. The van der Waals surface area contributed by atoms with Gasteiger partial charge in [-0.05, 0) is 24.6 Å². The van der Waals surface area contributed by atoms with Crippen LogP contribution in [0.15, 0.2) is 58.4 Å². The minimum absolute atomic E-state index is 0.218. The maximum absolute atomic E-state index is 12.0. The molecule has 0 spiro atoms. The van der Waals surface area contributed by atoms with Gasteiger partial charge in [-0.1, -0.05) is 42.0 Å². The molecule has 23 heavy (non-hydrogen) atoms. The fraction of sp³-hybridized carbons (Fsp3) is 0.0588. The molecule has 0 aliphatic carbocycles. The SMILES string of the molecule is Cc1ccc(/C=N/NC(=O)c2nc3ccccc3[nH]c2=O)cc1. The molecule has 0 atom stereocenters. The van der Waals surface area contributed by atoms with Crippen LogP contribution in [0.5, 0.6) is 0 Å². The lowest BCUT2D eigenvalue weighted by Gasteiger charge is -2.01. The summed E-state index contributed by atoms with van der Waals surface area (Å²) in [7, 11) is 0. The highest BCUT2D eigenvalue weighted by molar-refractivity contribution is 5.94. The third-order valence-corrected chi connectivity index (χ3v) is 3.27. The summed E-state index contributed by atoms with van der Waals surface area (Å²) in [5.74, 6) is -0.652. The summed E-state index contributed by atoms with van der Waals surface area (Å²) in [6.07, 6.45) is 1.51. The average Bonchev–Trinajstić information content (AvgIpc) is 2.56. The minimum Gasteiger partial charge on any atom is -0.319 e. The lowest BCUT2D eigenvalue weighted by atomic mass is 10.2. The zero-order valence-electron chi connectivity index (χ0n) is 12.4. The number of aromatic amines is 1. The molecule has 0 bridgehead atoms. The van der Waals surface area contributed by atoms with E-state index in [0.717, 1.165) is 11.1 Å². The van der Waals surface area contributed by atoms with E-state index in [1.165, 1.54) is 6.21 Å². The molecule has 114 valence electrons. The highest BCUT2D eigenvalue weighted by Crippen LogP contribution is 2.05. The predicted octanol–water partition coefficient (Wildman–Crippen LogP) is 2.00. The summed E-state index contributed by atoms with van der Waals surface area (Å²) in [5, 5.41) is 3.85. The second-order valence-electron chi connectivity index (χ2n) is 5.04. The van der Waals surface area contributed by atoms with Gasteiger partial charge in [-0.15, -0.1) is 0 Å². The summed E-state index contributed by atoms with van der Waals surface area (Å²) >= 11 is 0. The number of amides is 1. The van der Waals surface area contributed by atoms with Crippen LogP contribution >= 0.6 is 0 Å². The number of H-pyrrole nitrogens is 1. The fourth-order valence-electron chi connectivity index (χ4n) is 2.05. The van der Waals surface area contributed by atoms with E-state index in [2.05, 4.69) is 20.5 Å². The highest BCUT2D eigenvalue weighted by Gasteiger charge is 2.12. The third-order valence-electron chi connectivity index (χ3n) is 3.27. The number of rotatable bonds is 3. The number of carbonyl (C=O) groups is 1. The molecular formula is C17H14N4O2. The lowest BCUT2D eigenvalue weighted by Crippen LogP contribution is -2.28. The molecule has 1 amide bonds. The largest absolute Gasteiger partial charge is 0.319 e. The van der Waals surface area contributed by atoms with Crippen LogP contribution in [0.4, 0.5) is 0 Å². The first-order valence-corrected chi connectivity index (χ1v) is 7.02. The Morgan fingerprint density at radius 2 is 1.91 bits per heavy atom. The summed E-state index contributed by atoms with van der Waals surface area (Å²) < 4.78 is 0. The quantitative estimate of drug-likeness (QED) is 0.573. The maximum Gasteiger partial charge on any atom is 0.295 e. The first-order valence-electron chi connectivity index (χ1n) is 7.02. The van der Waals surface area contributed by atoms with E-state index in [1.807, 2.05) is 31.2 Å². The van der Waals surface area contributed by atoms with Crippen molar-refractivity contribution in [2.75, 3.05) is 0 Å². The summed E-state index contributed by atoms with van der Waals surface area (Å²) in [4.78, 5) is 30.7. The predicted molar refractivity (Wildman–Crippen MR) is 88.6 cm³/mol. The van der Waals surface area contributed by atoms with E-state index >= 15 is 0 Å². The summed E-state index contributed by atoms with van der Waals surface area (Å²) in [6, 6.07) is 14.7. The number of aryl methyl sites for hydroxylation is 1. The van der Waals surface area contributed by atoms with Crippen molar-refractivity contribution in [3.05, 3.63) is 75.7 Å². The number of aromatic nitrogens is 2. The Balaban J connectivity index is 1.79. The molecule has 0 unspecified atom stereocenters. The van der Waals surface area contributed by atoms with Crippen molar-refractivity contribution in [1.82, 2.24) is 15.4 Å². The van der Waals surface area contributed by atoms with Gasteiger partial charge in [0.1, 0.15) is 0 Å². The number of para-hydroxylation sites is 2. The number of hydrogen-bond donors (Lipinski definition) is 2. The van der Waals surface area contributed by atoms with Crippen LogP contribution in [-0.4, -0.2) is 22.1 Å². The van der Waals surface area contributed by atoms with Crippen LogP contribution in [0.25, 0.3) is 11.0 Å². The molecule has 2 N–H and O–H groups in total. The maximum atomic E-state index is 12.0. The van der Waals surface area contributed by atoms with E-state index < -0.39 is 11.5 Å². The standard InChI is InChI=1S/C17H14N4O2/c1-11-6-8-12(9-7-11)10-18-21-17(23)15-16(22)20-14-5-3-2-4-13(14)19-15/h2-10H,1H3,(H,20,22)(H,21,23)/b18-10+. The zero-order chi connectivity index (χ0) is 16.2. The average molecular weight is 306 g/mol. The number of benzene rings is 2. The summed E-state index contributed by atoms with van der Waals surface area (Å²) in [6.45, 7) is 1.99. The number of hydrazone groups is 1. The van der Waals surface area contributed by atoms with Gasteiger partial charge in [-0.3, -0.25) is 9.59 Å². The topological polar surface area (TPSA) is 87.2 Å². The number of nitrogens with one attached hydrogen (secondary N) is 2. The molecule has 0 saturated heterocycles. The van der Waals surface area contributed by atoms with Crippen LogP contribution in [0.3, 0.4) is 0 Å². The van der Waals surface area contributed by atoms with E-state index in [-0.39, 0.29) is 5.69 Å². The van der Waals surface area contributed by atoms with Crippen molar-refractivity contribution in [3.63, 3.8) is 0 Å². The van der Waals surface area contributed by atoms with Crippen molar-refractivity contribution >= 4 is 23.2 Å². The van der Waals surface area contributed by atoms with Gasteiger partial charge in [0.2, 0.25) is 0 Å². The molecule has 0 aliphatic heterocycles. The lowest BCUT2D eigenvalue weighted by molar-refractivity contribution is 0.0949. The van der Waals surface area contributed by atoms with Crippen LogP contribution in [-0.2, 0) is 0 Å². The minimum atomic E-state index is -0.652. The number of hydrogen-bond acceptors (Lipinski definition) is 4. The van der Waals surface area contributed by atoms with Crippen molar-refractivity contribution in [2.24, 2.45) is 5.10 Å². The summed E-state index contributed by atoms with van der Waals surface area (Å²) in [5.41, 5.74) is 4.65. The van der Waals surface area contributed by atoms with E-state index in [4.69, 9.17) is 0 Å². The van der Waals surface area contributed by atoms with Crippen molar-refractivity contribution < 1.29 is 4.79 Å². The van der Waals surface area contributed by atoms with E-state index in [1.54, 1.807) is 24.3 Å². The van der Waals surface area contributed by atoms with Gasteiger partial charge in [-0.25, -0.2) is 10.4 Å². The first-order chi connectivity index (χ1) is 11.1. The molecule has 6 heteroatoms. The van der Waals surface area contributed by atoms with Gasteiger partial charge in [0.05, 0.1) is 17.2 Å². The van der Waals surface area contributed by atoms with Crippen molar-refractivity contribution in [2.45, 2.75) is 6.92 Å². The Morgan fingerprint density at radius 1 is 1.17 bits per heavy atom. The van der Waals surface area contributed by atoms with Crippen LogP contribution in [0.2, 0.25) is 0 Å². The first kappa shape index (κ1) is 14.6. The number of fused-ring (bicyclic) bond motifs is 1. The van der Waals surface area contributed by atoms with Gasteiger partial charge >= 0.3 is 0 Å². The van der Waals surface area contributed by atoms with Crippen molar-refractivity contribution in [1.29, 1.82) is 0 Å². The van der Waals surface area contributed by atoms with Gasteiger partial charge in [0, 0.05) is 0 Å². The molecule has 1 aromatic heterocycles. The Labute approximate surface area is 131 Å². The second-order valence-corrected chi connectivity index (χ2v) is 5.04. The Bertz CT molecular complexity index is 943. The van der Waals surface area contributed by atoms with Gasteiger partial charge < -0.3 is 4.98 Å². The van der Waals surface area contributed by atoms with Gasteiger partial charge in [-0.2, -0.15) is 5.10 Å². The Kier molecular flexibility index (Phi) is 3.97. The number of nitrogens with zero attached hydrogens (tertiary/aromatic N) is 2. The van der Waals surface area contributed by atoms with E-state index in [9.17, 15) is 9.59 Å².